The minimum Gasteiger partial charge on any atom is -0.376 e. The Balaban J connectivity index is 2.48. The van der Waals surface area contributed by atoms with Crippen LogP contribution in [-0.2, 0) is 4.74 Å². The van der Waals surface area contributed by atoms with Crippen molar-refractivity contribution in [1.82, 2.24) is 5.32 Å². The summed E-state index contributed by atoms with van der Waals surface area (Å²) in [6.45, 7) is 6.80. The van der Waals surface area contributed by atoms with Crippen molar-refractivity contribution in [2.24, 2.45) is 0 Å². The fourth-order valence-corrected chi connectivity index (χ4v) is 3.63. The standard InChI is InChI=1S/C17H26FNO/c1-5-19-16(17(20-4)8-6-7-9-17)15-13(3)10-12(2)11-14(15)18/h10-11,16,19H,5-9H2,1-4H3. The van der Waals surface area contributed by atoms with Crippen LogP contribution < -0.4 is 5.32 Å². The van der Waals surface area contributed by atoms with Crippen LogP contribution >= 0.6 is 0 Å². The highest BCUT2D eigenvalue weighted by molar-refractivity contribution is 5.36. The van der Waals surface area contributed by atoms with E-state index in [9.17, 15) is 4.39 Å². The molecular formula is C17H26FNO. The number of likely N-dealkylation sites (N-methyl/N-ethyl adjacent to an activating group) is 1. The van der Waals surface area contributed by atoms with Crippen LogP contribution in [0.15, 0.2) is 12.1 Å². The first-order chi connectivity index (χ1) is 9.54. The van der Waals surface area contributed by atoms with Gasteiger partial charge >= 0.3 is 0 Å². The van der Waals surface area contributed by atoms with Gasteiger partial charge in [-0.15, -0.1) is 0 Å². The smallest absolute Gasteiger partial charge is 0.128 e. The van der Waals surface area contributed by atoms with E-state index in [1.54, 1.807) is 13.2 Å². The summed E-state index contributed by atoms with van der Waals surface area (Å²) in [5, 5.41) is 3.47. The van der Waals surface area contributed by atoms with Crippen molar-refractivity contribution in [2.45, 2.75) is 58.1 Å². The Hall–Kier alpha value is -0.930. The largest absolute Gasteiger partial charge is 0.376 e. The van der Waals surface area contributed by atoms with Gasteiger partial charge in [0.1, 0.15) is 5.82 Å². The van der Waals surface area contributed by atoms with Crippen molar-refractivity contribution in [3.8, 4) is 0 Å². The van der Waals surface area contributed by atoms with Gasteiger partial charge in [0, 0.05) is 12.7 Å². The van der Waals surface area contributed by atoms with Crippen LogP contribution in [-0.4, -0.2) is 19.3 Å². The van der Waals surface area contributed by atoms with E-state index in [1.165, 1.54) is 0 Å². The Kier molecular flexibility index (Phi) is 4.82. The summed E-state index contributed by atoms with van der Waals surface area (Å²) in [4.78, 5) is 0. The third kappa shape index (κ3) is 2.75. The minimum atomic E-state index is -0.267. The second kappa shape index (κ2) is 6.23. The monoisotopic (exact) mass is 279 g/mol. The van der Waals surface area contributed by atoms with Crippen molar-refractivity contribution >= 4 is 0 Å². The molecule has 1 N–H and O–H groups in total. The summed E-state index contributed by atoms with van der Waals surface area (Å²) in [7, 11) is 1.76. The fraction of sp³-hybridized carbons (Fsp3) is 0.647. The van der Waals surface area contributed by atoms with Crippen molar-refractivity contribution < 1.29 is 9.13 Å². The molecule has 1 atom stereocenters. The summed E-state index contributed by atoms with van der Waals surface area (Å²) in [5.41, 5.74) is 2.49. The Bertz CT molecular complexity index is 443. The predicted octanol–water partition coefficient (Wildman–Crippen LogP) is 4.05. The molecule has 1 unspecified atom stereocenters. The Morgan fingerprint density at radius 3 is 2.45 bits per heavy atom. The van der Waals surface area contributed by atoms with Gasteiger partial charge in [-0.25, -0.2) is 4.39 Å². The number of nitrogens with one attached hydrogen (secondary N) is 1. The Labute approximate surface area is 121 Å². The van der Waals surface area contributed by atoms with Gasteiger partial charge in [0.15, 0.2) is 0 Å². The molecule has 1 aliphatic carbocycles. The van der Waals surface area contributed by atoms with E-state index >= 15 is 0 Å². The van der Waals surface area contributed by atoms with E-state index in [-0.39, 0.29) is 17.5 Å². The SMILES string of the molecule is CCNC(c1c(C)cc(C)cc1F)C1(OC)CCCC1. The molecule has 0 spiro atoms. The lowest BCUT2D eigenvalue weighted by Crippen LogP contribution is -2.44. The van der Waals surface area contributed by atoms with Gasteiger partial charge < -0.3 is 10.1 Å². The van der Waals surface area contributed by atoms with E-state index in [0.29, 0.717) is 0 Å². The van der Waals surface area contributed by atoms with Gasteiger partial charge in [-0.05, 0) is 50.4 Å². The number of aryl methyl sites for hydroxylation is 2. The van der Waals surface area contributed by atoms with Crippen molar-refractivity contribution in [3.05, 3.63) is 34.6 Å². The van der Waals surface area contributed by atoms with Crippen molar-refractivity contribution in [1.29, 1.82) is 0 Å². The molecule has 1 aromatic carbocycles. The van der Waals surface area contributed by atoms with Crippen LogP contribution in [0.2, 0.25) is 0 Å². The molecule has 20 heavy (non-hydrogen) atoms. The first-order valence-corrected chi connectivity index (χ1v) is 7.59. The first kappa shape index (κ1) is 15.5. The van der Waals surface area contributed by atoms with E-state index in [4.69, 9.17) is 4.74 Å². The molecule has 0 heterocycles. The quantitative estimate of drug-likeness (QED) is 0.878. The lowest BCUT2D eigenvalue weighted by molar-refractivity contribution is -0.0374. The summed E-state index contributed by atoms with van der Waals surface area (Å²) in [6.07, 6.45) is 4.30. The number of halogens is 1. The Morgan fingerprint density at radius 1 is 1.30 bits per heavy atom. The average molecular weight is 279 g/mol. The summed E-state index contributed by atoms with van der Waals surface area (Å²) >= 11 is 0. The summed E-state index contributed by atoms with van der Waals surface area (Å²) in [6, 6.07) is 3.62. The average Bonchev–Trinajstić information content (AvgIpc) is 2.86. The first-order valence-electron chi connectivity index (χ1n) is 7.59. The second-order valence-electron chi connectivity index (χ2n) is 5.94. The van der Waals surface area contributed by atoms with E-state index in [0.717, 1.165) is 48.9 Å². The van der Waals surface area contributed by atoms with Crippen LogP contribution in [0.5, 0.6) is 0 Å². The molecule has 0 bridgehead atoms. The molecule has 1 fully saturated rings. The molecule has 0 aromatic heterocycles. The highest BCUT2D eigenvalue weighted by Crippen LogP contribution is 2.44. The number of rotatable bonds is 5. The molecule has 2 rings (SSSR count). The third-order valence-electron chi connectivity index (χ3n) is 4.56. The molecule has 1 aliphatic rings. The predicted molar refractivity (Wildman–Crippen MR) is 80.5 cm³/mol. The van der Waals surface area contributed by atoms with Crippen LogP contribution in [0.25, 0.3) is 0 Å². The molecule has 0 aliphatic heterocycles. The summed E-state index contributed by atoms with van der Waals surface area (Å²) in [5.74, 6) is -0.114. The third-order valence-corrected chi connectivity index (χ3v) is 4.56. The zero-order valence-electron chi connectivity index (χ0n) is 13.1. The van der Waals surface area contributed by atoms with Gasteiger partial charge in [-0.2, -0.15) is 0 Å². The number of ether oxygens (including phenoxy) is 1. The van der Waals surface area contributed by atoms with Gasteiger partial charge in [-0.3, -0.25) is 0 Å². The molecular weight excluding hydrogens is 253 g/mol. The molecule has 1 aromatic rings. The highest BCUT2D eigenvalue weighted by atomic mass is 19.1. The van der Waals surface area contributed by atoms with Gasteiger partial charge in [0.25, 0.3) is 0 Å². The summed E-state index contributed by atoms with van der Waals surface area (Å²) < 4.78 is 20.4. The van der Waals surface area contributed by atoms with Crippen molar-refractivity contribution in [2.75, 3.05) is 13.7 Å². The number of benzene rings is 1. The molecule has 2 nitrogen and oxygen atoms in total. The normalized spacial score (nSPS) is 19.2. The maximum Gasteiger partial charge on any atom is 0.128 e. The van der Waals surface area contributed by atoms with E-state index < -0.39 is 0 Å². The van der Waals surface area contributed by atoms with Gasteiger partial charge in [0.05, 0.1) is 11.6 Å². The van der Waals surface area contributed by atoms with E-state index in [1.807, 2.05) is 13.8 Å². The minimum absolute atomic E-state index is 0.0689. The fourth-order valence-electron chi connectivity index (χ4n) is 3.63. The number of hydrogen-bond donors (Lipinski definition) is 1. The second-order valence-corrected chi connectivity index (χ2v) is 5.94. The molecule has 1 saturated carbocycles. The zero-order chi connectivity index (χ0) is 14.8. The van der Waals surface area contributed by atoms with Crippen LogP contribution in [0.4, 0.5) is 4.39 Å². The zero-order valence-corrected chi connectivity index (χ0v) is 13.1. The van der Waals surface area contributed by atoms with Gasteiger partial charge in [-0.1, -0.05) is 25.8 Å². The van der Waals surface area contributed by atoms with Crippen molar-refractivity contribution in [3.63, 3.8) is 0 Å². The molecule has 112 valence electrons. The molecule has 0 radical (unpaired) electrons. The maximum atomic E-state index is 14.5. The molecule has 0 amide bonds. The molecule has 0 saturated heterocycles. The number of methoxy groups -OCH3 is 1. The van der Waals surface area contributed by atoms with Crippen LogP contribution in [0.1, 0.15) is 55.3 Å². The number of hydrogen-bond acceptors (Lipinski definition) is 2. The van der Waals surface area contributed by atoms with E-state index in [2.05, 4.69) is 18.3 Å². The maximum absolute atomic E-state index is 14.5. The highest BCUT2D eigenvalue weighted by Gasteiger charge is 2.43. The van der Waals surface area contributed by atoms with Crippen LogP contribution in [0, 0.1) is 19.7 Å². The lowest BCUT2D eigenvalue weighted by Gasteiger charge is -2.38. The van der Waals surface area contributed by atoms with Gasteiger partial charge in [0.2, 0.25) is 0 Å². The van der Waals surface area contributed by atoms with Crippen LogP contribution in [0.3, 0.4) is 0 Å². The lowest BCUT2D eigenvalue weighted by atomic mass is 9.84. The molecule has 3 heteroatoms. The Morgan fingerprint density at radius 2 is 1.95 bits per heavy atom. The topological polar surface area (TPSA) is 21.3 Å².